The predicted octanol–water partition coefficient (Wildman–Crippen LogP) is 4.10. The number of rotatable bonds is 6. The second kappa shape index (κ2) is 9.07. The third-order valence-corrected chi connectivity index (χ3v) is 5.02. The zero-order chi connectivity index (χ0) is 23.6. The molecule has 2 aromatic heterocycles. The highest BCUT2D eigenvalue weighted by Crippen LogP contribution is 2.32. The van der Waals surface area contributed by atoms with Crippen LogP contribution in [0, 0.1) is 5.82 Å². The summed E-state index contributed by atoms with van der Waals surface area (Å²) >= 11 is 0. The SMILES string of the molecule is CC(F)(F)Oc1ccc(NC(=O)c2cnc(N3CCC(O)C3)c(-c3cncc(F)c3)c2)cc1. The van der Waals surface area contributed by atoms with E-state index in [1.165, 1.54) is 42.7 Å². The number of aliphatic hydroxyl groups excluding tert-OH is 1. The minimum absolute atomic E-state index is 0.0415. The molecule has 7 nitrogen and oxygen atoms in total. The lowest BCUT2D eigenvalue weighted by Crippen LogP contribution is -2.23. The number of pyridine rings is 2. The van der Waals surface area contributed by atoms with E-state index < -0.39 is 23.9 Å². The van der Waals surface area contributed by atoms with E-state index in [1.807, 2.05) is 4.90 Å². The summed E-state index contributed by atoms with van der Waals surface area (Å²) < 4.78 is 44.2. The van der Waals surface area contributed by atoms with Gasteiger partial charge in [0.1, 0.15) is 17.4 Å². The van der Waals surface area contributed by atoms with Crippen LogP contribution in [-0.4, -0.2) is 46.3 Å². The summed E-state index contributed by atoms with van der Waals surface area (Å²) in [7, 11) is 0. The van der Waals surface area contributed by atoms with E-state index in [1.54, 1.807) is 6.07 Å². The van der Waals surface area contributed by atoms with Crippen LogP contribution in [0.5, 0.6) is 5.75 Å². The van der Waals surface area contributed by atoms with Crippen LogP contribution >= 0.6 is 0 Å². The third kappa shape index (κ3) is 5.58. The van der Waals surface area contributed by atoms with Gasteiger partial charge in [0, 0.05) is 49.2 Å². The number of carbonyl (C=O) groups excluding carboxylic acids is 1. The Bertz CT molecular complexity index is 1150. The van der Waals surface area contributed by atoms with Crippen LogP contribution in [0.4, 0.5) is 24.7 Å². The fourth-order valence-corrected chi connectivity index (χ4v) is 3.56. The van der Waals surface area contributed by atoms with Crippen LogP contribution in [0.25, 0.3) is 11.1 Å². The molecule has 0 saturated carbocycles. The molecule has 1 aliphatic heterocycles. The lowest BCUT2D eigenvalue weighted by molar-refractivity contribution is -0.158. The molecule has 33 heavy (non-hydrogen) atoms. The number of ether oxygens (including phenoxy) is 1. The van der Waals surface area contributed by atoms with Crippen molar-refractivity contribution in [3.63, 3.8) is 0 Å². The fraction of sp³-hybridized carbons (Fsp3) is 0.261. The number of anilines is 2. The van der Waals surface area contributed by atoms with Crippen molar-refractivity contribution in [2.24, 2.45) is 0 Å². The van der Waals surface area contributed by atoms with Crippen molar-refractivity contribution in [1.82, 2.24) is 9.97 Å². The molecule has 1 atom stereocenters. The highest BCUT2D eigenvalue weighted by atomic mass is 19.3. The highest BCUT2D eigenvalue weighted by molar-refractivity contribution is 6.05. The molecule has 3 heterocycles. The number of hydrogen-bond acceptors (Lipinski definition) is 6. The minimum Gasteiger partial charge on any atom is -0.433 e. The van der Waals surface area contributed by atoms with Gasteiger partial charge >= 0.3 is 6.11 Å². The van der Waals surface area contributed by atoms with E-state index in [2.05, 4.69) is 20.0 Å². The van der Waals surface area contributed by atoms with Crippen LogP contribution in [0.15, 0.2) is 55.0 Å². The Morgan fingerprint density at radius 3 is 2.61 bits per heavy atom. The number of carbonyl (C=O) groups is 1. The summed E-state index contributed by atoms with van der Waals surface area (Å²) in [5, 5.41) is 12.6. The number of alkyl halides is 2. The first-order chi connectivity index (χ1) is 15.7. The topological polar surface area (TPSA) is 87.6 Å². The Balaban J connectivity index is 1.60. The van der Waals surface area contributed by atoms with Crippen molar-refractivity contribution in [3.05, 3.63) is 66.4 Å². The van der Waals surface area contributed by atoms with Crippen LogP contribution in [0.2, 0.25) is 0 Å². The summed E-state index contributed by atoms with van der Waals surface area (Å²) in [5.41, 5.74) is 1.51. The molecule has 0 bridgehead atoms. The molecular formula is C23H21F3N4O3. The summed E-state index contributed by atoms with van der Waals surface area (Å²) in [4.78, 5) is 23.0. The maximum atomic E-state index is 13.8. The standard InChI is InChI=1S/C23H21F3N4O3/c1-23(25,26)33-19-4-2-17(3-5-19)29-22(32)15-9-20(14-8-16(24)12-27-10-14)21(28-11-15)30-7-6-18(31)13-30/h2-5,8-12,18,31H,6-7,13H2,1H3,(H,29,32). The van der Waals surface area contributed by atoms with Crippen molar-refractivity contribution in [2.75, 3.05) is 23.3 Å². The third-order valence-electron chi connectivity index (χ3n) is 5.02. The van der Waals surface area contributed by atoms with E-state index in [9.17, 15) is 23.1 Å². The van der Waals surface area contributed by atoms with Crippen LogP contribution in [0.1, 0.15) is 23.7 Å². The average Bonchev–Trinajstić information content (AvgIpc) is 3.20. The first kappa shape index (κ1) is 22.5. The van der Waals surface area contributed by atoms with E-state index >= 15 is 0 Å². The number of aromatic nitrogens is 2. The number of nitrogens with zero attached hydrogens (tertiary/aromatic N) is 3. The summed E-state index contributed by atoms with van der Waals surface area (Å²) in [6.07, 6.45) is 0.711. The van der Waals surface area contributed by atoms with Crippen molar-refractivity contribution in [1.29, 1.82) is 0 Å². The Morgan fingerprint density at radius 2 is 1.97 bits per heavy atom. The van der Waals surface area contributed by atoms with Crippen LogP contribution in [-0.2, 0) is 0 Å². The van der Waals surface area contributed by atoms with Crippen LogP contribution < -0.4 is 15.0 Å². The van der Waals surface area contributed by atoms with Gasteiger partial charge < -0.3 is 20.1 Å². The van der Waals surface area contributed by atoms with Crippen molar-refractivity contribution in [2.45, 2.75) is 25.6 Å². The number of nitrogens with one attached hydrogen (secondary N) is 1. The normalized spacial score (nSPS) is 16.0. The summed E-state index contributed by atoms with van der Waals surface area (Å²) in [6.45, 7) is 1.58. The number of aliphatic hydroxyl groups is 1. The molecule has 0 spiro atoms. The van der Waals surface area contributed by atoms with Gasteiger partial charge in [0.15, 0.2) is 0 Å². The molecule has 3 aromatic rings. The van der Waals surface area contributed by atoms with Crippen molar-refractivity contribution in [3.8, 4) is 16.9 Å². The molecule has 172 valence electrons. The average molecular weight is 458 g/mol. The van der Waals surface area contributed by atoms with Gasteiger partial charge in [-0.2, -0.15) is 8.78 Å². The van der Waals surface area contributed by atoms with Crippen LogP contribution in [0.3, 0.4) is 0 Å². The van der Waals surface area contributed by atoms with Gasteiger partial charge in [0.25, 0.3) is 5.91 Å². The van der Waals surface area contributed by atoms with E-state index in [0.29, 0.717) is 49.1 Å². The lowest BCUT2D eigenvalue weighted by Gasteiger charge is -2.21. The maximum absolute atomic E-state index is 13.8. The second-order valence-corrected chi connectivity index (χ2v) is 7.76. The molecule has 1 aromatic carbocycles. The molecule has 1 saturated heterocycles. The maximum Gasteiger partial charge on any atom is 0.394 e. The van der Waals surface area contributed by atoms with Crippen molar-refractivity contribution < 1.29 is 27.8 Å². The Kier molecular flexibility index (Phi) is 6.19. The molecule has 1 aliphatic rings. The van der Waals surface area contributed by atoms with Gasteiger partial charge in [-0.3, -0.25) is 9.78 Å². The smallest absolute Gasteiger partial charge is 0.394 e. The Labute approximate surface area is 187 Å². The van der Waals surface area contributed by atoms with Gasteiger partial charge in [-0.15, -0.1) is 0 Å². The van der Waals surface area contributed by atoms with Gasteiger partial charge in [-0.05, 0) is 42.8 Å². The molecule has 1 amide bonds. The monoisotopic (exact) mass is 458 g/mol. The van der Waals surface area contributed by atoms with E-state index in [0.717, 1.165) is 6.20 Å². The van der Waals surface area contributed by atoms with Crippen molar-refractivity contribution >= 4 is 17.4 Å². The number of amides is 1. The van der Waals surface area contributed by atoms with Gasteiger partial charge in [0.2, 0.25) is 0 Å². The fourth-order valence-electron chi connectivity index (χ4n) is 3.56. The number of hydrogen-bond donors (Lipinski definition) is 2. The molecule has 0 aliphatic carbocycles. The highest BCUT2D eigenvalue weighted by Gasteiger charge is 2.25. The number of halogens is 3. The first-order valence-corrected chi connectivity index (χ1v) is 10.2. The molecule has 1 unspecified atom stereocenters. The molecule has 2 N–H and O–H groups in total. The Hall–Kier alpha value is -3.66. The molecular weight excluding hydrogens is 437 g/mol. The van der Waals surface area contributed by atoms with E-state index in [4.69, 9.17) is 0 Å². The zero-order valence-corrected chi connectivity index (χ0v) is 17.6. The summed E-state index contributed by atoms with van der Waals surface area (Å²) in [5.74, 6) is -0.553. The molecule has 0 radical (unpaired) electrons. The molecule has 4 rings (SSSR count). The molecule has 10 heteroatoms. The van der Waals surface area contributed by atoms with Gasteiger partial charge in [-0.1, -0.05) is 0 Å². The first-order valence-electron chi connectivity index (χ1n) is 10.2. The largest absolute Gasteiger partial charge is 0.433 e. The summed E-state index contributed by atoms with van der Waals surface area (Å²) in [6, 6.07) is 8.37. The second-order valence-electron chi connectivity index (χ2n) is 7.76. The zero-order valence-electron chi connectivity index (χ0n) is 17.6. The number of benzene rings is 1. The van der Waals surface area contributed by atoms with Gasteiger partial charge in [0.05, 0.1) is 17.9 Å². The molecule has 1 fully saturated rings. The predicted molar refractivity (Wildman–Crippen MR) is 116 cm³/mol. The quantitative estimate of drug-likeness (QED) is 0.579. The minimum atomic E-state index is -3.31. The lowest BCUT2D eigenvalue weighted by atomic mass is 10.1. The number of β-amino-alcohol motifs (C(OH)–C–C–N with tert-alkyl or cyclic N) is 1. The van der Waals surface area contributed by atoms with E-state index in [-0.39, 0.29) is 11.3 Å². The Morgan fingerprint density at radius 1 is 1.21 bits per heavy atom. The van der Waals surface area contributed by atoms with Gasteiger partial charge in [-0.25, -0.2) is 9.37 Å².